The third-order valence-corrected chi connectivity index (χ3v) is 9.43. The predicted octanol–water partition coefficient (Wildman–Crippen LogP) is 10.5. The highest BCUT2D eigenvalue weighted by Crippen LogP contribution is 2.52. The quantitative estimate of drug-likeness (QED) is 0.215. The molecule has 1 aliphatic rings. The summed E-state index contributed by atoms with van der Waals surface area (Å²) >= 11 is 0. The summed E-state index contributed by atoms with van der Waals surface area (Å²) in [7, 11) is 0. The van der Waals surface area contributed by atoms with Gasteiger partial charge in [0.15, 0.2) is 0 Å². The topological polar surface area (TPSA) is 41.9 Å². The zero-order valence-electron chi connectivity index (χ0n) is 23.8. The van der Waals surface area contributed by atoms with Crippen LogP contribution < -0.4 is 0 Å². The maximum Gasteiger partial charge on any atom is 0.140 e. The van der Waals surface area contributed by atoms with E-state index in [1.165, 1.54) is 33.0 Å². The first kappa shape index (κ1) is 24.1. The van der Waals surface area contributed by atoms with Gasteiger partial charge >= 0.3 is 0 Å². The molecule has 0 unspecified atom stereocenters. The van der Waals surface area contributed by atoms with Crippen molar-refractivity contribution in [1.82, 2.24) is 4.57 Å². The Morgan fingerprint density at radius 3 is 2.14 bits per heavy atom. The average molecular weight is 551 g/mol. The fraction of sp³-hybridized carbons (Fsp3) is 0.0750. The summed E-state index contributed by atoms with van der Waals surface area (Å²) < 4.78 is 8.95. The monoisotopic (exact) mass is 550 g/mol. The SMILES string of the molecule is CC1(C)c2ccccc2-c2ccc3c(oc4ccc(-c5c(C#N)cccc5-n5c6ccccc6c6ccccc65)cc43)c21. The molecule has 0 bridgehead atoms. The first-order valence-corrected chi connectivity index (χ1v) is 14.7. The van der Waals surface area contributed by atoms with Crippen LogP contribution in [0, 0.1) is 11.3 Å². The van der Waals surface area contributed by atoms with Gasteiger partial charge in [0.2, 0.25) is 0 Å². The molecule has 43 heavy (non-hydrogen) atoms. The molecule has 1 aliphatic carbocycles. The Labute approximate surface area is 248 Å². The number of hydrogen-bond donors (Lipinski definition) is 0. The second-order valence-corrected chi connectivity index (χ2v) is 12.0. The van der Waals surface area contributed by atoms with Gasteiger partial charge in [0, 0.05) is 38.1 Å². The Hall–Kier alpha value is -5.59. The lowest BCUT2D eigenvalue weighted by Gasteiger charge is -2.21. The zero-order valence-corrected chi connectivity index (χ0v) is 23.8. The maximum absolute atomic E-state index is 10.3. The number of fused-ring (bicyclic) bond motifs is 10. The average Bonchev–Trinajstić information content (AvgIpc) is 3.66. The van der Waals surface area contributed by atoms with Crippen LogP contribution >= 0.6 is 0 Å². The van der Waals surface area contributed by atoms with E-state index < -0.39 is 0 Å². The van der Waals surface area contributed by atoms with Crippen molar-refractivity contribution in [2.45, 2.75) is 19.3 Å². The molecule has 0 atom stereocenters. The number of nitriles is 1. The van der Waals surface area contributed by atoms with Gasteiger partial charge in [-0.1, -0.05) is 92.7 Å². The van der Waals surface area contributed by atoms with Crippen LogP contribution in [-0.4, -0.2) is 4.57 Å². The summed E-state index contributed by atoms with van der Waals surface area (Å²) in [4.78, 5) is 0. The van der Waals surface area contributed by atoms with Crippen LogP contribution in [0.1, 0.15) is 30.5 Å². The number of nitrogens with zero attached hydrogens (tertiary/aromatic N) is 2. The van der Waals surface area contributed by atoms with Gasteiger partial charge in [0.05, 0.1) is 28.4 Å². The van der Waals surface area contributed by atoms with Crippen LogP contribution in [0.2, 0.25) is 0 Å². The van der Waals surface area contributed by atoms with Gasteiger partial charge in [-0.25, -0.2) is 0 Å². The Kier molecular flexibility index (Phi) is 4.74. The largest absolute Gasteiger partial charge is 0.456 e. The second kappa shape index (κ2) is 8.47. The van der Waals surface area contributed by atoms with Crippen molar-refractivity contribution in [2.75, 3.05) is 0 Å². The van der Waals surface area contributed by atoms with E-state index in [9.17, 15) is 5.26 Å². The predicted molar refractivity (Wildman–Crippen MR) is 176 cm³/mol. The minimum atomic E-state index is -0.167. The minimum absolute atomic E-state index is 0.167. The lowest BCUT2D eigenvalue weighted by atomic mass is 9.82. The van der Waals surface area contributed by atoms with E-state index in [-0.39, 0.29) is 5.41 Å². The molecule has 2 aromatic heterocycles. The van der Waals surface area contributed by atoms with E-state index in [1.807, 2.05) is 12.1 Å². The summed E-state index contributed by atoms with van der Waals surface area (Å²) in [5, 5.41) is 14.9. The van der Waals surface area contributed by atoms with Gasteiger partial charge in [-0.05, 0) is 64.7 Å². The molecule has 6 aromatic carbocycles. The molecular weight excluding hydrogens is 524 g/mol. The van der Waals surface area contributed by atoms with Crippen molar-refractivity contribution < 1.29 is 4.42 Å². The van der Waals surface area contributed by atoms with Crippen molar-refractivity contribution in [3.05, 3.63) is 138 Å². The first-order chi connectivity index (χ1) is 21.1. The zero-order chi connectivity index (χ0) is 28.9. The highest BCUT2D eigenvalue weighted by molar-refractivity contribution is 6.12. The summed E-state index contributed by atoms with van der Waals surface area (Å²) in [6.45, 7) is 4.58. The molecular formula is C40H26N2O. The van der Waals surface area contributed by atoms with Crippen molar-refractivity contribution >= 4 is 43.7 Å². The fourth-order valence-electron chi connectivity index (χ4n) is 7.54. The molecule has 9 rings (SSSR count). The maximum atomic E-state index is 10.3. The highest BCUT2D eigenvalue weighted by Gasteiger charge is 2.38. The van der Waals surface area contributed by atoms with E-state index in [0.717, 1.165) is 49.8 Å². The minimum Gasteiger partial charge on any atom is -0.456 e. The Bertz CT molecular complexity index is 2450. The summed E-state index contributed by atoms with van der Waals surface area (Å²) in [5.41, 5.74) is 12.5. The number of benzene rings is 6. The summed E-state index contributed by atoms with van der Waals surface area (Å²) in [6.07, 6.45) is 0. The van der Waals surface area contributed by atoms with Crippen LogP contribution in [0.4, 0.5) is 0 Å². The van der Waals surface area contributed by atoms with E-state index in [1.54, 1.807) is 0 Å². The van der Waals surface area contributed by atoms with Gasteiger partial charge in [0.25, 0.3) is 0 Å². The number of para-hydroxylation sites is 2. The molecule has 0 spiro atoms. The van der Waals surface area contributed by atoms with Crippen LogP contribution in [0.25, 0.3) is 71.7 Å². The second-order valence-electron chi connectivity index (χ2n) is 12.0. The van der Waals surface area contributed by atoms with Crippen molar-refractivity contribution in [1.29, 1.82) is 5.26 Å². The Morgan fingerprint density at radius 2 is 1.37 bits per heavy atom. The van der Waals surface area contributed by atoms with E-state index in [4.69, 9.17) is 4.42 Å². The molecule has 0 N–H and O–H groups in total. The normalized spacial score (nSPS) is 13.5. The third kappa shape index (κ3) is 3.13. The number of hydrogen-bond acceptors (Lipinski definition) is 2. The van der Waals surface area contributed by atoms with Crippen molar-refractivity contribution in [3.63, 3.8) is 0 Å². The lowest BCUT2D eigenvalue weighted by molar-refractivity contribution is 0.620. The van der Waals surface area contributed by atoms with Crippen LogP contribution in [0.15, 0.2) is 126 Å². The van der Waals surface area contributed by atoms with Crippen molar-refractivity contribution in [3.8, 4) is 34.0 Å². The smallest absolute Gasteiger partial charge is 0.140 e. The van der Waals surface area contributed by atoms with E-state index >= 15 is 0 Å². The van der Waals surface area contributed by atoms with Crippen LogP contribution in [-0.2, 0) is 5.41 Å². The molecule has 3 nitrogen and oxygen atoms in total. The molecule has 202 valence electrons. The van der Waals surface area contributed by atoms with Crippen LogP contribution in [0.3, 0.4) is 0 Å². The molecule has 0 amide bonds. The summed E-state index contributed by atoms with van der Waals surface area (Å²) in [5.74, 6) is 0. The third-order valence-electron chi connectivity index (χ3n) is 9.43. The van der Waals surface area contributed by atoms with Crippen LogP contribution in [0.5, 0.6) is 0 Å². The van der Waals surface area contributed by atoms with Gasteiger partial charge in [0.1, 0.15) is 11.2 Å². The molecule has 0 fully saturated rings. The molecule has 0 radical (unpaired) electrons. The molecule has 0 saturated heterocycles. The van der Waals surface area contributed by atoms with Gasteiger partial charge in [-0.2, -0.15) is 5.26 Å². The molecule has 0 aliphatic heterocycles. The molecule has 0 saturated carbocycles. The standard InChI is InChI=1S/C40H26N2O/c1-40(2)32-14-6-3-11-26(32)29-19-20-30-31-22-24(18-21-36(31)43-39(30)38(29)40)37-25(23-41)10-9-17-35(37)42-33-15-7-4-12-27(33)28-13-5-8-16-34(28)42/h3-22H,1-2H3. The van der Waals surface area contributed by atoms with E-state index in [0.29, 0.717) is 5.56 Å². The van der Waals surface area contributed by atoms with E-state index in [2.05, 4.69) is 134 Å². The Morgan fingerprint density at radius 1 is 0.651 bits per heavy atom. The number of rotatable bonds is 2. The van der Waals surface area contributed by atoms with Gasteiger partial charge < -0.3 is 8.98 Å². The lowest BCUT2D eigenvalue weighted by Crippen LogP contribution is -2.15. The number of furan rings is 1. The highest BCUT2D eigenvalue weighted by atomic mass is 16.3. The first-order valence-electron chi connectivity index (χ1n) is 14.7. The fourth-order valence-corrected chi connectivity index (χ4v) is 7.54. The molecule has 3 heteroatoms. The summed E-state index contributed by atoms with van der Waals surface area (Å²) in [6, 6.07) is 45.0. The Balaban J connectivity index is 1.32. The molecule has 2 heterocycles. The van der Waals surface area contributed by atoms with Gasteiger partial charge in [-0.3, -0.25) is 0 Å². The van der Waals surface area contributed by atoms with Crippen molar-refractivity contribution in [2.24, 2.45) is 0 Å². The molecule has 8 aromatic rings. The number of aromatic nitrogens is 1. The van der Waals surface area contributed by atoms with Gasteiger partial charge in [-0.15, -0.1) is 0 Å².